The van der Waals surface area contributed by atoms with Crippen molar-refractivity contribution >= 4 is 15.9 Å². The molecule has 1 heterocycles. The lowest BCUT2D eigenvalue weighted by Gasteiger charge is -2.12. The number of hydrogen-bond acceptors (Lipinski definition) is 3. The summed E-state index contributed by atoms with van der Waals surface area (Å²) in [5.74, 6) is 0.710. The number of halogens is 1. The fraction of sp³-hybridized carbons (Fsp3) is 0.308. The van der Waals surface area contributed by atoms with E-state index in [1.807, 2.05) is 36.0 Å². The second kappa shape index (κ2) is 6.02. The van der Waals surface area contributed by atoms with Crippen LogP contribution < -0.4 is 4.74 Å². The van der Waals surface area contributed by atoms with E-state index >= 15 is 0 Å². The monoisotopic (exact) mass is 310 g/mol. The minimum Gasteiger partial charge on any atom is -0.492 e. The lowest BCUT2D eigenvalue weighted by molar-refractivity contribution is 0.262. The first-order valence-corrected chi connectivity index (χ1v) is 6.49. The van der Waals surface area contributed by atoms with E-state index in [2.05, 4.69) is 21.0 Å². The highest BCUT2D eigenvalue weighted by atomic mass is 79.9. The van der Waals surface area contributed by atoms with E-state index < -0.39 is 0 Å². The van der Waals surface area contributed by atoms with Gasteiger partial charge in [0.1, 0.15) is 5.75 Å². The Balaban J connectivity index is 2.00. The van der Waals surface area contributed by atoms with Crippen LogP contribution in [0.25, 0.3) is 0 Å². The van der Waals surface area contributed by atoms with Gasteiger partial charge in [0.15, 0.2) is 0 Å². The molecule has 0 aliphatic rings. The Morgan fingerprint density at radius 2 is 2.22 bits per heavy atom. The van der Waals surface area contributed by atoms with E-state index in [0.717, 1.165) is 22.2 Å². The zero-order chi connectivity index (χ0) is 13.0. The Hall–Kier alpha value is -1.33. The molecule has 4 nitrogen and oxygen atoms in total. The lowest BCUT2D eigenvalue weighted by atomic mass is 10.2. The van der Waals surface area contributed by atoms with Crippen LogP contribution >= 0.6 is 15.9 Å². The molecule has 1 N–H and O–H groups in total. The molecule has 1 aromatic heterocycles. The van der Waals surface area contributed by atoms with Gasteiger partial charge in [-0.2, -0.15) is 5.10 Å². The van der Waals surface area contributed by atoms with Gasteiger partial charge < -0.3 is 9.84 Å². The van der Waals surface area contributed by atoms with Crippen LogP contribution in [-0.4, -0.2) is 21.5 Å². The topological polar surface area (TPSA) is 47.3 Å². The molecule has 0 saturated heterocycles. The van der Waals surface area contributed by atoms with Gasteiger partial charge in [-0.15, -0.1) is 0 Å². The van der Waals surface area contributed by atoms with Crippen LogP contribution in [-0.2, 0) is 20.1 Å². The van der Waals surface area contributed by atoms with Crippen molar-refractivity contribution in [2.24, 2.45) is 7.05 Å². The third-order valence-electron chi connectivity index (χ3n) is 2.75. The molecule has 0 amide bonds. The number of nitrogens with zero attached hydrogens (tertiary/aromatic N) is 2. The largest absolute Gasteiger partial charge is 0.492 e. The summed E-state index contributed by atoms with van der Waals surface area (Å²) in [4.78, 5) is 0. The molecule has 0 atom stereocenters. The molecular weight excluding hydrogens is 296 g/mol. The Labute approximate surface area is 114 Å². The minimum absolute atomic E-state index is 0.0273. The number of aliphatic hydroxyl groups is 1. The van der Waals surface area contributed by atoms with Crippen molar-refractivity contribution in [3.05, 3.63) is 46.2 Å². The maximum absolute atomic E-state index is 9.26. The van der Waals surface area contributed by atoms with Crippen LogP contribution in [0.5, 0.6) is 5.75 Å². The summed E-state index contributed by atoms with van der Waals surface area (Å²) in [5, 5.41) is 13.4. The number of benzene rings is 1. The Bertz CT molecular complexity index is 525. The van der Waals surface area contributed by atoms with E-state index in [1.54, 1.807) is 6.20 Å². The number of hydrogen-bond donors (Lipinski definition) is 1. The second-order valence-electron chi connectivity index (χ2n) is 3.93. The van der Waals surface area contributed by atoms with Gasteiger partial charge in [0, 0.05) is 30.9 Å². The predicted octanol–water partition coefficient (Wildman–Crippen LogP) is 2.30. The van der Waals surface area contributed by atoms with Crippen molar-refractivity contribution in [2.75, 3.05) is 6.61 Å². The van der Waals surface area contributed by atoms with Crippen molar-refractivity contribution < 1.29 is 9.84 Å². The Kier molecular flexibility index (Phi) is 4.38. The van der Waals surface area contributed by atoms with E-state index in [-0.39, 0.29) is 6.61 Å². The highest BCUT2D eigenvalue weighted by Crippen LogP contribution is 2.29. The van der Waals surface area contributed by atoms with E-state index in [9.17, 15) is 5.11 Å². The number of aryl methyl sites for hydroxylation is 1. The first-order valence-electron chi connectivity index (χ1n) is 5.70. The van der Waals surface area contributed by atoms with Gasteiger partial charge in [-0.1, -0.05) is 12.1 Å². The first-order chi connectivity index (χ1) is 8.72. The summed E-state index contributed by atoms with van der Waals surface area (Å²) in [7, 11) is 1.91. The molecule has 0 fully saturated rings. The third-order valence-corrected chi connectivity index (χ3v) is 3.37. The molecule has 0 spiro atoms. The SMILES string of the molecule is Cn1nccc1CCOc1c(Br)cccc1CO. The van der Waals surface area contributed by atoms with Crippen molar-refractivity contribution in [3.8, 4) is 5.75 Å². The zero-order valence-electron chi connectivity index (χ0n) is 10.1. The Morgan fingerprint density at radius 3 is 2.89 bits per heavy atom. The maximum Gasteiger partial charge on any atom is 0.138 e. The molecule has 0 aliphatic heterocycles. The quantitative estimate of drug-likeness (QED) is 0.922. The molecule has 2 rings (SSSR count). The molecule has 0 radical (unpaired) electrons. The number of para-hydroxylation sites is 1. The average Bonchev–Trinajstić information content (AvgIpc) is 2.77. The first kappa shape index (κ1) is 13.1. The highest BCUT2D eigenvalue weighted by molar-refractivity contribution is 9.10. The van der Waals surface area contributed by atoms with Gasteiger partial charge in [0.25, 0.3) is 0 Å². The molecule has 0 saturated carbocycles. The van der Waals surface area contributed by atoms with Gasteiger partial charge in [-0.3, -0.25) is 4.68 Å². The standard InChI is InChI=1S/C13H15BrN2O2/c1-16-11(5-7-15-16)6-8-18-13-10(9-17)3-2-4-12(13)14/h2-5,7,17H,6,8-9H2,1H3. The predicted molar refractivity (Wildman–Crippen MR) is 72.5 cm³/mol. The van der Waals surface area contributed by atoms with Crippen molar-refractivity contribution in [3.63, 3.8) is 0 Å². The van der Waals surface area contributed by atoms with Crippen molar-refractivity contribution in [2.45, 2.75) is 13.0 Å². The summed E-state index contributed by atoms with van der Waals surface area (Å²) in [6, 6.07) is 7.60. The molecule has 96 valence electrons. The van der Waals surface area contributed by atoms with Gasteiger partial charge in [0.05, 0.1) is 17.7 Å². The molecular formula is C13H15BrN2O2. The summed E-state index contributed by atoms with van der Waals surface area (Å²) in [6.45, 7) is 0.523. The van der Waals surface area contributed by atoms with Crippen LogP contribution in [0.15, 0.2) is 34.9 Å². The van der Waals surface area contributed by atoms with Crippen LogP contribution in [0.3, 0.4) is 0 Å². The fourth-order valence-corrected chi connectivity index (χ4v) is 2.27. The van der Waals surface area contributed by atoms with Crippen LogP contribution in [0.4, 0.5) is 0 Å². The Morgan fingerprint density at radius 1 is 1.39 bits per heavy atom. The van der Waals surface area contributed by atoms with Gasteiger partial charge in [-0.25, -0.2) is 0 Å². The number of aromatic nitrogens is 2. The lowest BCUT2D eigenvalue weighted by Crippen LogP contribution is -2.07. The zero-order valence-corrected chi connectivity index (χ0v) is 11.7. The summed E-state index contributed by atoms with van der Waals surface area (Å²) in [6.07, 6.45) is 2.55. The summed E-state index contributed by atoms with van der Waals surface area (Å²) in [5.41, 5.74) is 1.90. The third kappa shape index (κ3) is 2.91. The van der Waals surface area contributed by atoms with Gasteiger partial charge in [0.2, 0.25) is 0 Å². The number of rotatable bonds is 5. The fourth-order valence-electron chi connectivity index (χ4n) is 1.74. The average molecular weight is 311 g/mol. The molecule has 0 aliphatic carbocycles. The second-order valence-corrected chi connectivity index (χ2v) is 4.79. The summed E-state index contributed by atoms with van der Waals surface area (Å²) >= 11 is 3.43. The normalized spacial score (nSPS) is 10.6. The van der Waals surface area contributed by atoms with E-state index in [4.69, 9.17) is 4.74 Å². The summed E-state index contributed by atoms with van der Waals surface area (Å²) < 4.78 is 8.43. The smallest absolute Gasteiger partial charge is 0.138 e. The molecule has 18 heavy (non-hydrogen) atoms. The maximum atomic E-state index is 9.26. The molecule has 0 bridgehead atoms. The van der Waals surface area contributed by atoms with Gasteiger partial charge >= 0.3 is 0 Å². The van der Waals surface area contributed by atoms with Crippen LogP contribution in [0, 0.1) is 0 Å². The van der Waals surface area contributed by atoms with Crippen LogP contribution in [0.1, 0.15) is 11.3 Å². The number of ether oxygens (including phenoxy) is 1. The highest BCUT2D eigenvalue weighted by Gasteiger charge is 2.07. The van der Waals surface area contributed by atoms with Crippen molar-refractivity contribution in [1.82, 2.24) is 9.78 Å². The van der Waals surface area contributed by atoms with Crippen LogP contribution in [0.2, 0.25) is 0 Å². The number of aliphatic hydroxyl groups excluding tert-OH is 1. The molecule has 5 heteroatoms. The molecule has 2 aromatic rings. The van der Waals surface area contributed by atoms with E-state index in [1.165, 1.54) is 0 Å². The molecule has 1 aromatic carbocycles. The van der Waals surface area contributed by atoms with E-state index in [0.29, 0.717) is 12.4 Å². The van der Waals surface area contributed by atoms with Gasteiger partial charge in [-0.05, 0) is 28.1 Å². The van der Waals surface area contributed by atoms with Crippen molar-refractivity contribution in [1.29, 1.82) is 0 Å². The molecule has 0 unspecified atom stereocenters. The minimum atomic E-state index is -0.0273.